The Morgan fingerprint density at radius 2 is 2.37 bits per heavy atom. The second kappa shape index (κ2) is 5.14. The Morgan fingerprint density at radius 3 is 3.00 bits per heavy atom. The first-order chi connectivity index (χ1) is 8.93. The van der Waals surface area contributed by atoms with E-state index in [0.717, 1.165) is 0 Å². The smallest absolute Gasteiger partial charge is 0.257 e. The standard InChI is InChI=1S/C13H20N4O2/c1-9-7-17(8-13(2,3)19-9)12(18)10-5-4-6-15-11(10)16-14/h4-6,9H,7-8,14H2,1-3H3,(H,15,16). The molecular formula is C13H20N4O2. The highest BCUT2D eigenvalue weighted by molar-refractivity contribution is 5.98. The topological polar surface area (TPSA) is 80.5 Å². The first-order valence-electron chi connectivity index (χ1n) is 6.31. The number of carbonyl (C=O) groups is 1. The maximum atomic E-state index is 12.5. The number of nitrogen functional groups attached to an aromatic ring is 1. The van der Waals surface area contributed by atoms with Gasteiger partial charge in [-0.15, -0.1) is 0 Å². The predicted octanol–water partition coefficient (Wildman–Crippen LogP) is 1.01. The number of nitrogens with one attached hydrogen (secondary N) is 1. The SMILES string of the molecule is CC1CN(C(=O)c2cccnc2NN)CC(C)(C)O1. The molecule has 1 fully saturated rings. The minimum atomic E-state index is -0.341. The fourth-order valence-corrected chi connectivity index (χ4v) is 2.47. The first kappa shape index (κ1) is 13.8. The lowest BCUT2D eigenvalue weighted by atomic mass is 10.0. The molecule has 6 heteroatoms. The molecule has 6 nitrogen and oxygen atoms in total. The predicted molar refractivity (Wildman–Crippen MR) is 72.6 cm³/mol. The molecule has 2 rings (SSSR count). The van der Waals surface area contributed by atoms with Gasteiger partial charge in [-0.2, -0.15) is 0 Å². The Balaban J connectivity index is 2.24. The molecular weight excluding hydrogens is 244 g/mol. The lowest BCUT2D eigenvalue weighted by Gasteiger charge is -2.41. The number of hydrazine groups is 1. The van der Waals surface area contributed by atoms with Crippen molar-refractivity contribution in [3.05, 3.63) is 23.9 Å². The molecule has 0 bridgehead atoms. The fourth-order valence-electron chi connectivity index (χ4n) is 2.47. The summed E-state index contributed by atoms with van der Waals surface area (Å²) in [7, 11) is 0. The number of rotatable bonds is 2. The number of hydrogen-bond donors (Lipinski definition) is 2. The van der Waals surface area contributed by atoms with Crippen LogP contribution in [0.25, 0.3) is 0 Å². The molecule has 2 heterocycles. The van der Waals surface area contributed by atoms with Gasteiger partial charge in [0.05, 0.1) is 17.3 Å². The fraction of sp³-hybridized carbons (Fsp3) is 0.538. The maximum absolute atomic E-state index is 12.5. The maximum Gasteiger partial charge on any atom is 0.257 e. The Morgan fingerprint density at radius 1 is 1.63 bits per heavy atom. The van der Waals surface area contributed by atoms with E-state index in [1.54, 1.807) is 23.2 Å². The molecule has 1 aliphatic rings. The average molecular weight is 264 g/mol. The van der Waals surface area contributed by atoms with Crippen LogP contribution in [0.15, 0.2) is 18.3 Å². The normalized spacial score (nSPS) is 22.1. The van der Waals surface area contributed by atoms with Crippen LogP contribution in [0.4, 0.5) is 5.82 Å². The van der Waals surface area contributed by atoms with Crippen molar-refractivity contribution in [2.75, 3.05) is 18.5 Å². The summed E-state index contributed by atoms with van der Waals surface area (Å²) in [6, 6.07) is 3.45. The molecule has 0 spiro atoms. The molecule has 0 aromatic carbocycles. The summed E-state index contributed by atoms with van der Waals surface area (Å²) in [5.74, 6) is 5.70. The molecule has 0 radical (unpaired) electrons. The Hall–Kier alpha value is -1.66. The average Bonchev–Trinajstić information content (AvgIpc) is 2.35. The van der Waals surface area contributed by atoms with E-state index in [1.165, 1.54) is 0 Å². The van der Waals surface area contributed by atoms with E-state index in [0.29, 0.717) is 24.5 Å². The van der Waals surface area contributed by atoms with E-state index >= 15 is 0 Å². The van der Waals surface area contributed by atoms with E-state index < -0.39 is 0 Å². The van der Waals surface area contributed by atoms with Crippen LogP contribution < -0.4 is 11.3 Å². The van der Waals surface area contributed by atoms with Crippen LogP contribution in [0.1, 0.15) is 31.1 Å². The summed E-state index contributed by atoms with van der Waals surface area (Å²) in [5.41, 5.74) is 2.60. The molecule has 0 saturated carbocycles. The van der Waals surface area contributed by atoms with Crippen molar-refractivity contribution in [1.29, 1.82) is 0 Å². The number of hydrogen-bond acceptors (Lipinski definition) is 5. The molecule has 0 aliphatic carbocycles. The van der Waals surface area contributed by atoms with Gasteiger partial charge >= 0.3 is 0 Å². The van der Waals surface area contributed by atoms with E-state index in [1.807, 2.05) is 20.8 Å². The Labute approximate surface area is 112 Å². The molecule has 1 saturated heterocycles. The molecule has 1 aliphatic heterocycles. The number of aromatic nitrogens is 1. The molecule has 1 atom stereocenters. The Bertz CT molecular complexity index is 475. The number of morpholine rings is 1. The van der Waals surface area contributed by atoms with E-state index in [2.05, 4.69) is 10.4 Å². The van der Waals surface area contributed by atoms with Gasteiger partial charge in [-0.05, 0) is 32.9 Å². The second-order valence-electron chi connectivity index (χ2n) is 5.42. The third-order valence-corrected chi connectivity index (χ3v) is 3.03. The summed E-state index contributed by atoms with van der Waals surface area (Å²) in [5, 5.41) is 0. The summed E-state index contributed by atoms with van der Waals surface area (Å²) < 4.78 is 5.80. The first-order valence-corrected chi connectivity index (χ1v) is 6.31. The summed E-state index contributed by atoms with van der Waals surface area (Å²) >= 11 is 0. The van der Waals surface area contributed by atoms with Gasteiger partial charge < -0.3 is 15.1 Å². The Kier molecular flexibility index (Phi) is 3.73. The van der Waals surface area contributed by atoms with Crippen LogP contribution in [0.2, 0.25) is 0 Å². The molecule has 1 amide bonds. The molecule has 19 heavy (non-hydrogen) atoms. The number of anilines is 1. The molecule has 3 N–H and O–H groups in total. The van der Waals surface area contributed by atoms with Gasteiger partial charge in [0.2, 0.25) is 0 Å². The van der Waals surface area contributed by atoms with Gasteiger partial charge in [0.15, 0.2) is 5.82 Å². The second-order valence-corrected chi connectivity index (χ2v) is 5.42. The zero-order chi connectivity index (χ0) is 14.0. The summed E-state index contributed by atoms with van der Waals surface area (Å²) in [6.07, 6.45) is 1.61. The van der Waals surface area contributed by atoms with Gasteiger partial charge in [0.25, 0.3) is 5.91 Å². The van der Waals surface area contributed by atoms with Crippen LogP contribution in [0.5, 0.6) is 0 Å². The number of nitrogens with two attached hydrogens (primary N) is 1. The van der Waals surface area contributed by atoms with Crippen molar-refractivity contribution < 1.29 is 9.53 Å². The van der Waals surface area contributed by atoms with E-state index in [9.17, 15) is 4.79 Å². The zero-order valence-corrected chi connectivity index (χ0v) is 11.5. The largest absolute Gasteiger partial charge is 0.369 e. The molecule has 104 valence electrons. The van der Waals surface area contributed by atoms with Crippen molar-refractivity contribution in [2.45, 2.75) is 32.5 Å². The van der Waals surface area contributed by atoms with Crippen LogP contribution >= 0.6 is 0 Å². The highest BCUT2D eigenvalue weighted by Crippen LogP contribution is 2.23. The highest BCUT2D eigenvalue weighted by Gasteiger charge is 2.34. The number of amides is 1. The van der Waals surface area contributed by atoms with Gasteiger partial charge in [-0.3, -0.25) is 4.79 Å². The van der Waals surface area contributed by atoms with Gasteiger partial charge in [0, 0.05) is 19.3 Å². The van der Waals surface area contributed by atoms with Crippen LogP contribution in [-0.2, 0) is 4.74 Å². The van der Waals surface area contributed by atoms with Crippen molar-refractivity contribution in [1.82, 2.24) is 9.88 Å². The number of pyridine rings is 1. The van der Waals surface area contributed by atoms with Crippen molar-refractivity contribution >= 4 is 11.7 Å². The van der Waals surface area contributed by atoms with Gasteiger partial charge in [0.1, 0.15) is 0 Å². The molecule has 1 unspecified atom stereocenters. The quantitative estimate of drug-likeness (QED) is 0.615. The molecule has 1 aromatic rings. The van der Waals surface area contributed by atoms with Crippen LogP contribution in [0, 0.1) is 0 Å². The lowest BCUT2D eigenvalue weighted by Crippen LogP contribution is -2.53. The third kappa shape index (κ3) is 3.02. The van der Waals surface area contributed by atoms with E-state index in [-0.39, 0.29) is 17.6 Å². The van der Waals surface area contributed by atoms with Crippen molar-refractivity contribution in [3.63, 3.8) is 0 Å². The lowest BCUT2D eigenvalue weighted by molar-refractivity contribution is -0.118. The number of ether oxygens (including phenoxy) is 1. The highest BCUT2D eigenvalue weighted by atomic mass is 16.5. The van der Waals surface area contributed by atoms with Gasteiger partial charge in [-0.1, -0.05) is 0 Å². The van der Waals surface area contributed by atoms with Crippen LogP contribution in [0.3, 0.4) is 0 Å². The van der Waals surface area contributed by atoms with Crippen molar-refractivity contribution in [2.24, 2.45) is 5.84 Å². The number of carbonyl (C=O) groups excluding carboxylic acids is 1. The van der Waals surface area contributed by atoms with E-state index in [4.69, 9.17) is 10.6 Å². The van der Waals surface area contributed by atoms with Crippen molar-refractivity contribution in [3.8, 4) is 0 Å². The number of nitrogens with zero attached hydrogens (tertiary/aromatic N) is 2. The van der Waals surface area contributed by atoms with Gasteiger partial charge in [-0.25, -0.2) is 10.8 Å². The third-order valence-electron chi connectivity index (χ3n) is 3.03. The summed E-state index contributed by atoms with van der Waals surface area (Å²) in [6.45, 7) is 7.05. The van der Waals surface area contributed by atoms with Crippen LogP contribution in [-0.4, -0.2) is 40.6 Å². The summed E-state index contributed by atoms with van der Waals surface area (Å²) in [4.78, 5) is 18.4. The zero-order valence-electron chi connectivity index (χ0n) is 11.5. The molecule has 1 aromatic heterocycles. The monoisotopic (exact) mass is 264 g/mol. The minimum absolute atomic E-state index is 0.0126. The minimum Gasteiger partial charge on any atom is -0.369 e.